The van der Waals surface area contributed by atoms with E-state index in [0.717, 1.165) is 13.1 Å². The number of nitrogens with one attached hydrogen (secondary N) is 1. The van der Waals surface area contributed by atoms with Crippen LogP contribution in [0.2, 0.25) is 0 Å². The highest BCUT2D eigenvalue weighted by Gasteiger charge is 2.19. The van der Waals surface area contributed by atoms with Crippen molar-refractivity contribution in [1.29, 1.82) is 0 Å². The van der Waals surface area contributed by atoms with Gasteiger partial charge in [0.25, 0.3) is 0 Å². The average molecular weight is 307 g/mol. The third kappa shape index (κ3) is 5.75. The fraction of sp³-hybridized carbons (Fsp3) is 0.588. The molecule has 5 heteroatoms. The first kappa shape index (κ1) is 18.6. The molecule has 1 amide bonds. The zero-order valence-electron chi connectivity index (χ0n) is 13.9. The smallest absolute Gasteiger partial charge is 0.222 e. The standard InChI is InChI=1S/C17H29N3O2/c1-4-20(5-2)16(14-9-7-6-8-10-14)13-19-17(21)11-15(12-18)22-3/h6-10,15-16H,4-5,11-13,18H2,1-3H3,(H,19,21). The molecular weight excluding hydrogens is 278 g/mol. The molecule has 2 unspecified atom stereocenters. The minimum Gasteiger partial charge on any atom is -0.380 e. The van der Waals surface area contributed by atoms with Gasteiger partial charge < -0.3 is 15.8 Å². The summed E-state index contributed by atoms with van der Waals surface area (Å²) in [5.74, 6) is -0.0228. The molecule has 0 fully saturated rings. The van der Waals surface area contributed by atoms with Crippen molar-refractivity contribution in [3.63, 3.8) is 0 Å². The number of carbonyl (C=O) groups excluding carboxylic acids is 1. The van der Waals surface area contributed by atoms with E-state index < -0.39 is 0 Å². The molecule has 0 saturated heterocycles. The Bertz CT molecular complexity index is 417. The third-order valence-electron chi connectivity index (χ3n) is 3.94. The SMILES string of the molecule is CCN(CC)C(CNC(=O)CC(CN)OC)c1ccccc1. The number of nitrogens with zero attached hydrogens (tertiary/aromatic N) is 1. The van der Waals surface area contributed by atoms with Crippen molar-refractivity contribution in [1.82, 2.24) is 10.2 Å². The van der Waals surface area contributed by atoms with E-state index in [0.29, 0.717) is 19.5 Å². The second kappa shape index (κ2) is 10.3. The van der Waals surface area contributed by atoms with Crippen molar-refractivity contribution >= 4 is 5.91 Å². The Kier molecular flexibility index (Phi) is 8.74. The van der Waals surface area contributed by atoms with Gasteiger partial charge in [0.1, 0.15) is 0 Å². The van der Waals surface area contributed by atoms with Gasteiger partial charge in [-0.1, -0.05) is 44.2 Å². The van der Waals surface area contributed by atoms with Gasteiger partial charge in [-0.25, -0.2) is 0 Å². The second-order valence-corrected chi connectivity index (χ2v) is 5.25. The summed E-state index contributed by atoms with van der Waals surface area (Å²) in [5, 5.41) is 3.01. The summed E-state index contributed by atoms with van der Waals surface area (Å²) in [4.78, 5) is 14.4. The molecule has 0 aliphatic carbocycles. The largest absolute Gasteiger partial charge is 0.380 e. The van der Waals surface area contributed by atoms with E-state index in [2.05, 4.69) is 36.2 Å². The molecule has 0 radical (unpaired) electrons. The van der Waals surface area contributed by atoms with E-state index in [1.54, 1.807) is 7.11 Å². The zero-order chi connectivity index (χ0) is 16.4. The van der Waals surface area contributed by atoms with Crippen molar-refractivity contribution in [3.8, 4) is 0 Å². The van der Waals surface area contributed by atoms with Crippen LogP contribution in [0.5, 0.6) is 0 Å². The fourth-order valence-electron chi connectivity index (χ4n) is 2.55. The topological polar surface area (TPSA) is 67.6 Å². The summed E-state index contributed by atoms with van der Waals surface area (Å²) >= 11 is 0. The summed E-state index contributed by atoms with van der Waals surface area (Å²) in [7, 11) is 1.58. The zero-order valence-corrected chi connectivity index (χ0v) is 13.9. The molecular formula is C17H29N3O2. The normalized spacial score (nSPS) is 13.9. The minimum atomic E-state index is -0.219. The number of amides is 1. The number of nitrogens with two attached hydrogens (primary N) is 1. The molecule has 1 aromatic rings. The van der Waals surface area contributed by atoms with Crippen LogP contribution < -0.4 is 11.1 Å². The Balaban J connectivity index is 2.68. The Hall–Kier alpha value is -1.43. The molecule has 0 heterocycles. The highest BCUT2D eigenvalue weighted by molar-refractivity contribution is 5.76. The summed E-state index contributed by atoms with van der Waals surface area (Å²) in [6, 6.07) is 10.5. The van der Waals surface area contributed by atoms with Gasteiger partial charge in [-0.05, 0) is 18.7 Å². The monoisotopic (exact) mass is 307 g/mol. The molecule has 1 aromatic carbocycles. The Morgan fingerprint density at radius 3 is 2.41 bits per heavy atom. The lowest BCUT2D eigenvalue weighted by atomic mass is 10.0. The van der Waals surface area contributed by atoms with Gasteiger partial charge in [0, 0.05) is 20.2 Å². The van der Waals surface area contributed by atoms with E-state index in [9.17, 15) is 4.79 Å². The number of benzene rings is 1. The Labute approximate surface area is 133 Å². The van der Waals surface area contributed by atoms with Crippen LogP contribution >= 0.6 is 0 Å². The first-order chi connectivity index (χ1) is 10.7. The van der Waals surface area contributed by atoms with Crippen molar-refractivity contribution in [2.24, 2.45) is 5.73 Å². The van der Waals surface area contributed by atoms with Gasteiger partial charge in [0.05, 0.1) is 18.6 Å². The summed E-state index contributed by atoms with van der Waals surface area (Å²) < 4.78 is 5.16. The van der Waals surface area contributed by atoms with Gasteiger partial charge in [-0.2, -0.15) is 0 Å². The molecule has 1 rings (SSSR count). The lowest BCUT2D eigenvalue weighted by Crippen LogP contribution is -2.39. The highest BCUT2D eigenvalue weighted by atomic mass is 16.5. The van der Waals surface area contributed by atoms with Crippen molar-refractivity contribution in [2.75, 3.05) is 33.3 Å². The van der Waals surface area contributed by atoms with Gasteiger partial charge >= 0.3 is 0 Å². The first-order valence-corrected chi connectivity index (χ1v) is 7.94. The average Bonchev–Trinajstić information content (AvgIpc) is 2.57. The molecule has 5 nitrogen and oxygen atoms in total. The van der Waals surface area contributed by atoms with E-state index in [-0.39, 0.29) is 18.1 Å². The molecule has 0 aliphatic rings. The quantitative estimate of drug-likeness (QED) is 0.688. The number of methoxy groups -OCH3 is 1. The summed E-state index contributed by atoms with van der Waals surface area (Å²) in [6.07, 6.45) is 0.0795. The molecule has 0 spiro atoms. The number of hydrogen-bond acceptors (Lipinski definition) is 4. The maximum atomic E-state index is 12.0. The third-order valence-corrected chi connectivity index (χ3v) is 3.94. The van der Waals surface area contributed by atoms with Gasteiger partial charge in [0.15, 0.2) is 0 Å². The van der Waals surface area contributed by atoms with Gasteiger partial charge in [-0.15, -0.1) is 0 Å². The van der Waals surface area contributed by atoms with Crippen LogP contribution in [0.4, 0.5) is 0 Å². The predicted molar refractivity (Wildman–Crippen MR) is 89.6 cm³/mol. The van der Waals surface area contributed by atoms with E-state index in [4.69, 9.17) is 10.5 Å². The highest BCUT2D eigenvalue weighted by Crippen LogP contribution is 2.19. The van der Waals surface area contributed by atoms with Crippen molar-refractivity contribution < 1.29 is 9.53 Å². The summed E-state index contributed by atoms with van der Waals surface area (Å²) in [5.41, 5.74) is 6.77. The van der Waals surface area contributed by atoms with Crippen LogP contribution in [0.15, 0.2) is 30.3 Å². The van der Waals surface area contributed by atoms with E-state index in [1.165, 1.54) is 5.56 Å². The van der Waals surface area contributed by atoms with Crippen LogP contribution in [0, 0.1) is 0 Å². The molecule has 0 aliphatic heterocycles. The number of ether oxygens (including phenoxy) is 1. The molecule has 22 heavy (non-hydrogen) atoms. The van der Waals surface area contributed by atoms with Gasteiger partial charge in [0.2, 0.25) is 5.91 Å². The number of hydrogen-bond donors (Lipinski definition) is 2. The first-order valence-electron chi connectivity index (χ1n) is 7.94. The lowest BCUT2D eigenvalue weighted by molar-refractivity contribution is -0.123. The van der Waals surface area contributed by atoms with Gasteiger partial charge in [-0.3, -0.25) is 9.69 Å². The number of likely N-dealkylation sites (N-methyl/N-ethyl adjacent to an activating group) is 1. The van der Waals surface area contributed by atoms with Crippen LogP contribution in [0.3, 0.4) is 0 Å². The van der Waals surface area contributed by atoms with Crippen molar-refractivity contribution in [3.05, 3.63) is 35.9 Å². The van der Waals surface area contributed by atoms with Crippen LogP contribution in [0.1, 0.15) is 31.9 Å². The fourth-order valence-corrected chi connectivity index (χ4v) is 2.55. The van der Waals surface area contributed by atoms with Crippen LogP contribution in [-0.4, -0.2) is 50.2 Å². The molecule has 0 saturated carbocycles. The maximum Gasteiger partial charge on any atom is 0.222 e. The maximum absolute atomic E-state index is 12.0. The molecule has 0 aromatic heterocycles. The van der Waals surface area contributed by atoms with E-state index >= 15 is 0 Å². The Morgan fingerprint density at radius 1 is 1.27 bits per heavy atom. The molecule has 3 N–H and O–H groups in total. The predicted octanol–water partition coefficient (Wildman–Crippen LogP) is 1.55. The summed E-state index contributed by atoms with van der Waals surface area (Å²) in [6.45, 7) is 7.09. The van der Waals surface area contributed by atoms with Crippen LogP contribution in [0.25, 0.3) is 0 Å². The molecule has 0 bridgehead atoms. The Morgan fingerprint density at radius 2 is 1.91 bits per heavy atom. The van der Waals surface area contributed by atoms with Crippen LogP contribution in [-0.2, 0) is 9.53 Å². The minimum absolute atomic E-state index is 0.0228. The number of carbonyl (C=O) groups is 1. The second-order valence-electron chi connectivity index (χ2n) is 5.25. The number of rotatable bonds is 10. The molecule has 2 atom stereocenters. The van der Waals surface area contributed by atoms with E-state index in [1.807, 2.05) is 18.2 Å². The lowest BCUT2D eigenvalue weighted by Gasteiger charge is -2.30. The van der Waals surface area contributed by atoms with Crippen molar-refractivity contribution in [2.45, 2.75) is 32.4 Å². The molecule has 124 valence electrons.